The molecule has 1 fully saturated rings. The lowest BCUT2D eigenvalue weighted by Gasteiger charge is -2.17. The predicted octanol–water partition coefficient (Wildman–Crippen LogP) is -0.472. The SMILES string of the molecule is CC1C(O)C[N+]1=O. The summed E-state index contributed by atoms with van der Waals surface area (Å²) in [6, 6.07) is -0.167. The molecule has 3 nitrogen and oxygen atoms in total. The van der Waals surface area contributed by atoms with Crippen molar-refractivity contribution in [2.45, 2.75) is 19.1 Å². The third-order valence-electron chi connectivity index (χ3n) is 1.38. The Balaban J connectivity index is 2.43. The second-order valence-corrected chi connectivity index (χ2v) is 1.91. The van der Waals surface area contributed by atoms with Gasteiger partial charge in [0.25, 0.3) is 0 Å². The van der Waals surface area contributed by atoms with E-state index in [-0.39, 0.29) is 12.1 Å². The van der Waals surface area contributed by atoms with E-state index in [0.29, 0.717) is 6.54 Å². The van der Waals surface area contributed by atoms with Gasteiger partial charge in [0, 0.05) is 16.6 Å². The first-order valence-corrected chi connectivity index (χ1v) is 2.33. The van der Waals surface area contributed by atoms with Gasteiger partial charge in [-0.1, -0.05) is 0 Å². The van der Waals surface area contributed by atoms with Gasteiger partial charge in [-0.05, 0) is 0 Å². The Kier molecular flexibility index (Phi) is 0.852. The Morgan fingerprint density at radius 1 is 1.86 bits per heavy atom. The van der Waals surface area contributed by atoms with Gasteiger partial charge in [-0.3, -0.25) is 0 Å². The van der Waals surface area contributed by atoms with Crippen LogP contribution in [-0.2, 0) is 0 Å². The quantitative estimate of drug-likeness (QED) is 0.420. The lowest BCUT2D eigenvalue weighted by Crippen LogP contribution is -2.50. The Labute approximate surface area is 41.5 Å². The predicted molar refractivity (Wildman–Crippen MR) is 24.0 cm³/mol. The molecule has 0 spiro atoms. The minimum Gasteiger partial charge on any atom is -0.380 e. The Morgan fingerprint density at radius 3 is 2.43 bits per heavy atom. The molecule has 1 saturated heterocycles. The highest BCUT2D eigenvalue weighted by Crippen LogP contribution is 2.08. The molecule has 1 heterocycles. The Hall–Kier alpha value is -0.440. The van der Waals surface area contributed by atoms with E-state index in [1.54, 1.807) is 6.92 Å². The zero-order valence-electron chi connectivity index (χ0n) is 4.16. The molecule has 2 unspecified atom stereocenters. The number of hydrogen-bond acceptors (Lipinski definition) is 2. The lowest BCUT2D eigenvalue weighted by atomic mass is 10.1. The summed E-state index contributed by atoms with van der Waals surface area (Å²) in [7, 11) is 0. The molecule has 0 aliphatic carbocycles. The number of β-amino-alcohol motifs (C(OH)–C–C–N with tert-alkyl or cyclic N) is 1. The van der Waals surface area contributed by atoms with Crippen LogP contribution in [0.2, 0.25) is 0 Å². The summed E-state index contributed by atoms with van der Waals surface area (Å²) in [4.78, 5) is 10.2. The zero-order chi connectivity index (χ0) is 5.44. The van der Waals surface area contributed by atoms with Gasteiger partial charge >= 0.3 is 0 Å². The number of nitroso groups, excluding NO2 is 1. The molecule has 0 radical (unpaired) electrons. The summed E-state index contributed by atoms with van der Waals surface area (Å²) in [5.74, 6) is 0. The van der Waals surface area contributed by atoms with Crippen LogP contribution in [0, 0.1) is 4.91 Å². The van der Waals surface area contributed by atoms with Crippen LogP contribution in [0.25, 0.3) is 0 Å². The monoisotopic (exact) mass is 102 g/mol. The van der Waals surface area contributed by atoms with Gasteiger partial charge in [0.15, 0.2) is 6.10 Å². The second kappa shape index (κ2) is 1.26. The minimum absolute atomic E-state index is 0.167. The maximum absolute atomic E-state index is 10.2. The fraction of sp³-hybridized carbons (Fsp3) is 1.00. The van der Waals surface area contributed by atoms with E-state index in [2.05, 4.69) is 0 Å². The van der Waals surface area contributed by atoms with Gasteiger partial charge in [-0.2, -0.15) is 0 Å². The van der Waals surface area contributed by atoms with Crippen molar-refractivity contribution in [1.29, 1.82) is 0 Å². The third kappa shape index (κ3) is 0.527. The summed E-state index contributed by atoms with van der Waals surface area (Å²) in [6.07, 6.45) is -0.377. The maximum atomic E-state index is 10.2. The van der Waals surface area contributed by atoms with Crippen molar-refractivity contribution in [3.63, 3.8) is 0 Å². The molecule has 0 aromatic rings. The van der Waals surface area contributed by atoms with E-state index in [0.717, 1.165) is 4.76 Å². The molecule has 0 aromatic carbocycles. The molecular formula is C4H8NO2+. The number of rotatable bonds is 0. The number of hydrogen-bond donors (Lipinski definition) is 1. The largest absolute Gasteiger partial charge is 0.380 e. The van der Waals surface area contributed by atoms with Gasteiger partial charge in [0.1, 0.15) is 0 Å². The molecule has 2 atom stereocenters. The zero-order valence-corrected chi connectivity index (χ0v) is 4.16. The minimum atomic E-state index is -0.377. The molecular weight excluding hydrogens is 94.0 g/mol. The van der Waals surface area contributed by atoms with Crippen molar-refractivity contribution in [2.24, 2.45) is 0 Å². The highest BCUT2D eigenvalue weighted by atomic mass is 16.3. The van der Waals surface area contributed by atoms with Crippen LogP contribution in [0.3, 0.4) is 0 Å². The first kappa shape index (κ1) is 4.71. The highest BCUT2D eigenvalue weighted by Gasteiger charge is 2.43. The number of aliphatic hydroxyl groups is 1. The number of aliphatic hydroxyl groups excluding tert-OH is 1. The maximum Gasteiger partial charge on any atom is 0.230 e. The molecule has 0 bridgehead atoms. The molecule has 7 heavy (non-hydrogen) atoms. The fourth-order valence-electron chi connectivity index (χ4n) is 0.557. The molecule has 1 aliphatic rings. The average molecular weight is 102 g/mol. The van der Waals surface area contributed by atoms with Crippen LogP contribution in [0.1, 0.15) is 6.92 Å². The van der Waals surface area contributed by atoms with Crippen LogP contribution in [-0.4, -0.2) is 28.6 Å². The topological polar surface area (TPSA) is 40.3 Å². The van der Waals surface area contributed by atoms with E-state index in [4.69, 9.17) is 5.11 Å². The molecule has 0 saturated carbocycles. The van der Waals surface area contributed by atoms with E-state index in [1.165, 1.54) is 0 Å². The van der Waals surface area contributed by atoms with E-state index in [9.17, 15) is 4.91 Å². The molecule has 0 aromatic heterocycles. The van der Waals surface area contributed by atoms with Crippen molar-refractivity contribution < 1.29 is 9.87 Å². The van der Waals surface area contributed by atoms with Gasteiger partial charge < -0.3 is 5.11 Å². The first-order chi connectivity index (χ1) is 3.22. The highest BCUT2D eigenvalue weighted by molar-refractivity contribution is 4.68. The van der Waals surface area contributed by atoms with Crippen LogP contribution >= 0.6 is 0 Å². The van der Waals surface area contributed by atoms with E-state index < -0.39 is 0 Å². The van der Waals surface area contributed by atoms with Crippen molar-refractivity contribution in [1.82, 2.24) is 0 Å². The molecule has 40 valence electrons. The van der Waals surface area contributed by atoms with Crippen LogP contribution in [0.15, 0.2) is 0 Å². The molecule has 3 heteroatoms. The van der Waals surface area contributed by atoms with Gasteiger partial charge in [0.2, 0.25) is 12.6 Å². The van der Waals surface area contributed by atoms with Crippen LogP contribution in [0.5, 0.6) is 0 Å². The molecule has 1 aliphatic heterocycles. The second-order valence-electron chi connectivity index (χ2n) is 1.91. The summed E-state index contributed by atoms with van der Waals surface area (Å²) in [5.41, 5.74) is 0. The van der Waals surface area contributed by atoms with E-state index in [1.807, 2.05) is 0 Å². The molecule has 0 amide bonds. The third-order valence-corrected chi connectivity index (χ3v) is 1.38. The first-order valence-electron chi connectivity index (χ1n) is 2.33. The Morgan fingerprint density at radius 2 is 2.43 bits per heavy atom. The van der Waals surface area contributed by atoms with Crippen molar-refractivity contribution in [2.75, 3.05) is 6.54 Å². The lowest BCUT2D eigenvalue weighted by molar-refractivity contribution is -0.662. The van der Waals surface area contributed by atoms with Crippen molar-refractivity contribution in [3.8, 4) is 0 Å². The fourth-order valence-corrected chi connectivity index (χ4v) is 0.557. The summed E-state index contributed by atoms with van der Waals surface area (Å²) < 4.78 is 0.866. The van der Waals surface area contributed by atoms with Crippen LogP contribution in [0.4, 0.5) is 0 Å². The van der Waals surface area contributed by atoms with Crippen molar-refractivity contribution in [3.05, 3.63) is 4.91 Å². The van der Waals surface area contributed by atoms with E-state index >= 15 is 0 Å². The molecule has 1 N–H and O–H groups in total. The molecule has 1 rings (SSSR count). The average Bonchev–Trinajstić information content (AvgIpc) is 1.68. The van der Waals surface area contributed by atoms with Crippen LogP contribution < -0.4 is 0 Å². The summed E-state index contributed by atoms with van der Waals surface area (Å²) in [6.45, 7) is 2.00. The van der Waals surface area contributed by atoms with Gasteiger partial charge in [-0.25, -0.2) is 0 Å². The standard InChI is InChI=1S/C4H8NO2/c1-3-4(6)2-5(3)7/h3-4,6H,2H2,1H3/q+1. The normalized spacial score (nSPS) is 40.6. The smallest absolute Gasteiger partial charge is 0.230 e. The van der Waals surface area contributed by atoms with Crippen molar-refractivity contribution >= 4 is 0 Å². The summed E-state index contributed by atoms with van der Waals surface area (Å²) >= 11 is 0. The van der Waals surface area contributed by atoms with Gasteiger partial charge in [0.05, 0.1) is 0 Å². The summed E-state index contributed by atoms with van der Waals surface area (Å²) in [5, 5.41) is 8.65. The number of nitrogens with zero attached hydrogens (tertiary/aromatic N) is 1. The Bertz CT molecular complexity index is 102. The van der Waals surface area contributed by atoms with Gasteiger partial charge in [-0.15, -0.1) is 0 Å².